The fraction of sp³-hybridized carbons (Fsp3) is 0.533. The summed E-state index contributed by atoms with van der Waals surface area (Å²) in [5.41, 5.74) is 5.36. The van der Waals surface area contributed by atoms with Crippen molar-refractivity contribution < 1.29 is 13.6 Å². The monoisotopic (exact) mass is 282 g/mol. The standard InChI is InChI=1S/C15H20F2N2O/c1-10-6-7-12(16)13(14(10)17)15(20)19(9-8-18)11-4-2-3-5-11/h6-7,11H,2-5,8-9,18H2,1H3. The van der Waals surface area contributed by atoms with Crippen molar-refractivity contribution in [2.24, 2.45) is 5.73 Å². The number of hydrogen-bond donors (Lipinski definition) is 1. The predicted molar refractivity (Wildman–Crippen MR) is 73.4 cm³/mol. The Morgan fingerprint density at radius 2 is 2.00 bits per heavy atom. The Morgan fingerprint density at radius 3 is 2.60 bits per heavy atom. The first-order valence-corrected chi connectivity index (χ1v) is 7.02. The molecule has 0 aliphatic heterocycles. The van der Waals surface area contributed by atoms with Crippen LogP contribution in [-0.2, 0) is 0 Å². The first-order valence-electron chi connectivity index (χ1n) is 7.02. The summed E-state index contributed by atoms with van der Waals surface area (Å²) < 4.78 is 27.9. The molecule has 1 amide bonds. The molecule has 2 N–H and O–H groups in total. The van der Waals surface area contributed by atoms with Crippen LogP contribution in [0.2, 0.25) is 0 Å². The van der Waals surface area contributed by atoms with Gasteiger partial charge in [0.2, 0.25) is 0 Å². The molecule has 20 heavy (non-hydrogen) atoms. The minimum absolute atomic E-state index is 0.0466. The Hall–Kier alpha value is -1.49. The average Bonchev–Trinajstić information content (AvgIpc) is 2.94. The van der Waals surface area contributed by atoms with Gasteiger partial charge >= 0.3 is 0 Å². The van der Waals surface area contributed by atoms with Gasteiger partial charge < -0.3 is 10.6 Å². The molecule has 0 heterocycles. The number of rotatable bonds is 4. The van der Waals surface area contributed by atoms with Crippen LogP contribution in [0.25, 0.3) is 0 Å². The molecule has 1 aromatic rings. The molecule has 1 aliphatic carbocycles. The summed E-state index contributed by atoms with van der Waals surface area (Å²) in [5, 5.41) is 0. The van der Waals surface area contributed by atoms with Crippen molar-refractivity contribution >= 4 is 5.91 Å². The quantitative estimate of drug-likeness (QED) is 0.922. The second-order valence-electron chi connectivity index (χ2n) is 5.28. The maximum absolute atomic E-state index is 14.1. The molecular weight excluding hydrogens is 262 g/mol. The SMILES string of the molecule is Cc1ccc(F)c(C(=O)N(CCN)C2CCCC2)c1F. The van der Waals surface area contributed by atoms with Crippen molar-refractivity contribution in [1.82, 2.24) is 4.90 Å². The lowest BCUT2D eigenvalue weighted by Crippen LogP contribution is -2.42. The topological polar surface area (TPSA) is 46.3 Å². The van der Waals surface area contributed by atoms with Gasteiger partial charge in [-0.2, -0.15) is 0 Å². The second kappa shape index (κ2) is 6.31. The molecule has 0 spiro atoms. The highest BCUT2D eigenvalue weighted by molar-refractivity contribution is 5.95. The van der Waals surface area contributed by atoms with Gasteiger partial charge in [0.1, 0.15) is 17.2 Å². The molecule has 0 atom stereocenters. The lowest BCUT2D eigenvalue weighted by atomic mass is 10.1. The van der Waals surface area contributed by atoms with Crippen molar-refractivity contribution in [3.63, 3.8) is 0 Å². The first kappa shape index (κ1) is 14.9. The zero-order chi connectivity index (χ0) is 14.7. The molecule has 110 valence electrons. The summed E-state index contributed by atoms with van der Waals surface area (Å²) in [6.45, 7) is 2.14. The number of benzene rings is 1. The molecule has 0 radical (unpaired) electrons. The minimum Gasteiger partial charge on any atom is -0.334 e. The molecule has 2 rings (SSSR count). The van der Waals surface area contributed by atoms with Crippen LogP contribution >= 0.6 is 0 Å². The predicted octanol–water partition coefficient (Wildman–Crippen LogP) is 2.62. The number of carbonyl (C=O) groups is 1. The van der Waals surface area contributed by atoms with Crippen molar-refractivity contribution in [3.8, 4) is 0 Å². The van der Waals surface area contributed by atoms with E-state index in [9.17, 15) is 13.6 Å². The van der Waals surface area contributed by atoms with E-state index in [-0.39, 0.29) is 18.2 Å². The van der Waals surface area contributed by atoms with Gasteiger partial charge in [0.15, 0.2) is 0 Å². The Bertz CT molecular complexity index is 499. The number of nitrogens with two attached hydrogens (primary N) is 1. The average molecular weight is 282 g/mol. The van der Waals surface area contributed by atoms with Crippen LogP contribution in [0.3, 0.4) is 0 Å². The van der Waals surface area contributed by atoms with E-state index in [0.717, 1.165) is 31.7 Å². The summed E-state index contributed by atoms with van der Waals surface area (Å²) >= 11 is 0. The Kier molecular flexibility index (Phi) is 4.70. The van der Waals surface area contributed by atoms with Gasteiger partial charge in [0.05, 0.1) is 0 Å². The Morgan fingerprint density at radius 1 is 1.35 bits per heavy atom. The van der Waals surface area contributed by atoms with E-state index in [1.54, 1.807) is 0 Å². The minimum atomic E-state index is -0.807. The van der Waals surface area contributed by atoms with E-state index in [2.05, 4.69) is 0 Å². The van der Waals surface area contributed by atoms with Gasteiger partial charge in [-0.3, -0.25) is 4.79 Å². The van der Waals surface area contributed by atoms with Crippen molar-refractivity contribution in [2.75, 3.05) is 13.1 Å². The molecule has 1 aromatic carbocycles. The largest absolute Gasteiger partial charge is 0.334 e. The van der Waals surface area contributed by atoms with E-state index >= 15 is 0 Å². The molecule has 0 aromatic heterocycles. The van der Waals surface area contributed by atoms with E-state index in [4.69, 9.17) is 5.73 Å². The highest BCUT2D eigenvalue weighted by Gasteiger charge is 2.30. The van der Waals surface area contributed by atoms with Crippen LogP contribution in [-0.4, -0.2) is 29.9 Å². The fourth-order valence-corrected chi connectivity index (χ4v) is 2.80. The molecule has 1 aliphatic rings. The van der Waals surface area contributed by atoms with Crippen LogP contribution in [0.15, 0.2) is 12.1 Å². The van der Waals surface area contributed by atoms with Crippen molar-refractivity contribution in [2.45, 2.75) is 38.6 Å². The van der Waals surface area contributed by atoms with Crippen LogP contribution in [0.5, 0.6) is 0 Å². The molecule has 1 saturated carbocycles. The maximum Gasteiger partial charge on any atom is 0.260 e. The maximum atomic E-state index is 14.1. The molecule has 0 bridgehead atoms. The third-order valence-electron chi connectivity index (χ3n) is 3.89. The van der Waals surface area contributed by atoms with Gasteiger partial charge in [-0.05, 0) is 31.4 Å². The van der Waals surface area contributed by atoms with Crippen LogP contribution in [0.1, 0.15) is 41.6 Å². The van der Waals surface area contributed by atoms with Crippen molar-refractivity contribution in [3.05, 3.63) is 34.9 Å². The van der Waals surface area contributed by atoms with Crippen LogP contribution in [0, 0.1) is 18.6 Å². The third-order valence-corrected chi connectivity index (χ3v) is 3.89. The summed E-state index contributed by atoms with van der Waals surface area (Å²) in [6, 6.07) is 2.52. The number of amides is 1. The molecular formula is C15H20F2N2O. The van der Waals surface area contributed by atoms with Gasteiger partial charge in [-0.1, -0.05) is 18.9 Å². The van der Waals surface area contributed by atoms with Crippen LogP contribution in [0.4, 0.5) is 8.78 Å². The van der Waals surface area contributed by atoms with E-state index in [1.165, 1.54) is 17.9 Å². The fourth-order valence-electron chi connectivity index (χ4n) is 2.80. The first-order chi connectivity index (χ1) is 9.56. The molecule has 0 saturated heterocycles. The molecule has 1 fully saturated rings. The number of halogens is 2. The molecule has 3 nitrogen and oxygen atoms in total. The smallest absolute Gasteiger partial charge is 0.260 e. The van der Waals surface area contributed by atoms with Gasteiger partial charge in [0, 0.05) is 19.1 Å². The summed E-state index contributed by atoms with van der Waals surface area (Å²) in [7, 11) is 0. The lowest BCUT2D eigenvalue weighted by molar-refractivity contribution is 0.0678. The normalized spacial score (nSPS) is 15.6. The molecule has 0 unspecified atom stereocenters. The zero-order valence-corrected chi connectivity index (χ0v) is 11.7. The highest BCUT2D eigenvalue weighted by Crippen LogP contribution is 2.26. The zero-order valence-electron chi connectivity index (χ0n) is 11.7. The summed E-state index contributed by atoms with van der Waals surface area (Å²) in [4.78, 5) is 14.0. The number of carbonyl (C=O) groups excluding carboxylic acids is 1. The van der Waals surface area contributed by atoms with Crippen molar-refractivity contribution in [1.29, 1.82) is 0 Å². The lowest BCUT2D eigenvalue weighted by Gasteiger charge is -2.29. The summed E-state index contributed by atoms with van der Waals surface area (Å²) in [5.74, 6) is -2.16. The second-order valence-corrected chi connectivity index (χ2v) is 5.28. The van der Waals surface area contributed by atoms with E-state index in [1.807, 2.05) is 0 Å². The number of aryl methyl sites for hydroxylation is 1. The van der Waals surface area contributed by atoms with Gasteiger partial charge in [0.25, 0.3) is 5.91 Å². The number of nitrogens with zero attached hydrogens (tertiary/aromatic N) is 1. The van der Waals surface area contributed by atoms with Crippen LogP contribution < -0.4 is 5.73 Å². The Balaban J connectivity index is 2.34. The number of hydrogen-bond acceptors (Lipinski definition) is 2. The van der Waals surface area contributed by atoms with E-state index < -0.39 is 23.1 Å². The van der Waals surface area contributed by atoms with E-state index in [0.29, 0.717) is 6.54 Å². The summed E-state index contributed by atoms with van der Waals surface area (Å²) in [6.07, 6.45) is 3.83. The Labute approximate surface area is 117 Å². The molecule has 5 heteroatoms. The highest BCUT2D eigenvalue weighted by atomic mass is 19.1. The van der Waals surface area contributed by atoms with Gasteiger partial charge in [-0.15, -0.1) is 0 Å². The third kappa shape index (κ3) is 2.82. The van der Waals surface area contributed by atoms with Gasteiger partial charge in [-0.25, -0.2) is 8.78 Å².